The van der Waals surface area contributed by atoms with Crippen molar-refractivity contribution in [2.75, 3.05) is 19.7 Å². The molecule has 134 valence electrons. The Labute approximate surface area is 150 Å². The fourth-order valence-electron chi connectivity index (χ4n) is 2.87. The van der Waals surface area contributed by atoms with E-state index in [2.05, 4.69) is 10.2 Å². The van der Waals surface area contributed by atoms with Crippen LogP contribution in [0.4, 0.5) is 0 Å². The number of aryl methyl sites for hydroxylation is 1. The lowest BCUT2D eigenvalue weighted by Gasteiger charge is -2.30. The Morgan fingerprint density at radius 1 is 1.36 bits per heavy atom. The van der Waals surface area contributed by atoms with Crippen LogP contribution in [0.2, 0.25) is 0 Å². The van der Waals surface area contributed by atoms with Crippen LogP contribution >= 0.6 is 11.3 Å². The largest absolute Gasteiger partial charge is 0.466 e. The van der Waals surface area contributed by atoms with Crippen molar-refractivity contribution in [3.8, 4) is 10.8 Å². The van der Waals surface area contributed by atoms with E-state index < -0.39 is 0 Å². The minimum atomic E-state index is -0.164. The lowest BCUT2D eigenvalue weighted by molar-refractivity contribution is -0.151. The molecule has 0 bridgehead atoms. The Morgan fingerprint density at radius 3 is 2.76 bits per heavy atom. The molecule has 7 nitrogen and oxygen atoms in total. The van der Waals surface area contributed by atoms with Crippen molar-refractivity contribution in [2.45, 2.75) is 33.1 Å². The highest BCUT2D eigenvalue weighted by Gasteiger charge is 2.28. The number of rotatable bonds is 5. The number of esters is 1. The van der Waals surface area contributed by atoms with Gasteiger partial charge in [-0.05, 0) is 43.7 Å². The number of likely N-dealkylation sites (tertiary alicyclic amines) is 1. The van der Waals surface area contributed by atoms with Gasteiger partial charge < -0.3 is 14.1 Å². The number of aromatic nitrogens is 2. The molecule has 0 saturated carbocycles. The molecule has 1 aliphatic rings. The van der Waals surface area contributed by atoms with Crippen LogP contribution in [-0.2, 0) is 20.7 Å². The first-order chi connectivity index (χ1) is 12.1. The zero-order valence-electron chi connectivity index (χ0n) is 14.4. The Morgan fingerprint density at radius 2 is 2.12 bits per heavy atom. The summed E-state index contributed by atoms with van der Waals surface area (Å²) in [6.45, 7) is 5.27. The van der Waals surface area contributed by atoms with Gasteiger partial charge in [0.1, 0.15) is 6.42 Å². The lowest BCUT2D eigenvalue weighted by atomic mass is 9.97. The smallest absolute Gasteiger partial charge is 0.309 e. The second kappa shape index (κ2) is 7.77. The summed E-state index contributed by atoms with van der Waals surface area (Å²) in [5, 5.41) is 9.98. The average molecular weight is 363 g/mol. The van der Waals surface area contributed by atoms with Crippen LogP contribution in [0.5, 0.6) is 0 Å². The first-order valence-electron chi connectivity index (χ1n) is 8.39. The summed E-state index contributed by atoms with van der Waals surface area (Å²) in [5.74, 6) is 0.445. The van der Waals surface area contributed by atoms with Crippen LogP contribution in [0.3, 0.4) is 0 Å². The molecule has 1 saturated heterocycles. The summed E-state index contributed by atoms with van der Waals surface area (Å²) in [7, 11) is 0. The average Bonchev–Trinajstić information content (AvgIpc) is 3.24. The maximum absolute atomic E-state index is 12.4. The van der Waals surface area contributed by atoms with Crippen molar-refractivity contribution in [1.29, 1.82) is 0 Å². The van der Waals surface area contributed by atoms with E-state index in [0.29, 0.717) is 44.3 Å². The van der Waals surface area contributed by atoms with E-state index in [1.807, 2.05) is 18.4 Å². The molecule has 25 heavy (non-hydrogen) atoms. The molecule has 1 aliphatic heterocycles. The van der Waals surface area contributed by atoms with Gasteiger partial charge in [-0.1, -0.05) is 0 Å². The number of nitrogens with zero attached hydrogens (tertiary/aromatic N) is 3. The molecule has 0 atom stereocenters. The van der Waals surface area contributed by atoms with Crippen molar-refractivity contribution in [3.63, 3.8) is 0 Å². The number of hydrogen-bond donors (Lipinski definition) is 0. The number of thiophene rings is 1. The highest BCUT2D eigenvalue weighted by Crippen LogP contribution is 2.28. The maximum Gasteiger partial charge on any atom is 0.309 e. The van der Waals surface area contributed by atoms with Crippen LogP contribution in [0.15, 0.2) is 15.9 Å². The first-order valence-corrected chi connectivity index (χ1v) is 9.27. The predicted octanol–water partition coefficient (Wildman–Crippen LogP) is 2.45. The van der Waals surface area contributed by atoms with E-state index in [1.54, 1.807) is 11.8 Å². The van der Waals surface area contributed by atoms with Gasteiger partial charge >= 0.3 is 5.97 Å². The Balaban J connectivity index is 1.54. The Kier molecular flexibility index (Phi) is 5.47. The number of piperidine rings is 1. The van der Waals surface area contributed by atoms with Crippen LogP contribution in [0.1, 0.15) is 31.2 Å². The van der Waals surface area contributed by atoms with Gasteiger partial charge in [-0.25, -0.2) is 0 Å². The molecule has 0 aliphatic carbocycles. The van der Waals surface area contributed by atoms with Crippen molar-refractivity contribution in [1.82, 2.24) is 15.1 Å². The van der Waals surface area contributed by atoms with E-state index in [9.17, 15) is 9.59 Å². The normalized spacial score (nSPS) is 15.4. The molecule has 2 aromatic rings. The molecule has 1 amide bonds. The van der Waals surface area contributed by atoms with Crippen molar-refractivity contribution in [2.24, 2.45) is 5.92 Å². The van der Waals surface area contributed by atoms with Gasteiger partial charge in [-0.2, -0.15) is 0 Å². The number of carbonyl (C=O) groups is 2. The van der Waals surface area contributed by atoms with E-state index in [4.69, 9.17) is 9.15 Å². The summed E-state index contributed by atoms with van der Waals surface area (Å²) >= 11 is 1.53. The van der Waals surface area contributed by atoms with Gasteiger partial charge in [0.05, 0.1) is 17.4 Å². The number of amides is 1. The highest BCUT2D eigenvalue weighted by atomic mass is 32.1. The molecule has 0 unspecified atom stereocenters. The molecule has 8 heteroatoms. The number of hydrogen-bond acceptors (Lipinski definition) is 7. The molecule has 0 radical (unpaired) electrons. The van der Waals surface area contributed by atoms with Crippen LogP contribution < -0.4 is 0 Å². The van der Waals surface area contributed by atoms with Crippen LogP contribution in [0, 0.1) is 12.8 Å². The zero-order valence-corrected chi connectivity index (χ0v) is 15.2. The molecular weight excluding hydrogens is 342 g/mol. The van der Waals surface area contributed by atoms with Gasteiger partial charge in [0.25, 0.3) is 5.89 Å². The highest BCUT2D eigenvalue weighted by molar-refractivity contribution is 7.13. The minimum Gasteiger partial charge on any atom is -0.466 e. The third kappa shape index (κ3) is 4.07. The molecule has 3 heterocycles. The second-order valence-electron chi connectivity index (χ2n) is 6.02. The van der Waals surface area contributed by atoms with Gasteiger partial charge in [0.2, 0.25) is 11.8 Å². The summed E-state index contributed by atoms with van der Waals surface area (Å²) < 4.78 is 10.7. The van der Waals surface area contributed by atoms with Gasteiger partial charge in [0.15, 0.2) is 0 Å². The van der Waals surface area contributed by atoms with Crippen LogP contribution in [0.25, 0.3) is 10.8 Å². The third-order valence-electron chi connectivity index (χ3n) is 4.29. The predicted molar refractivity (Wildman–Crippen MR) is 92.0 cm³/mol. The maximum atomic E-state index is 12.4. The molecule has 2 aromatic heterocycles. The molecule has 0 N–H and O–H groups in total. The number of ether oxygens (including phenoxy) is 1. The molecular formula is C17H21N3O4S. The SMILES string of the molecule is CCOC(=O)C1CCN(C(=O)Cc2nnc(-c3sccc3C)o2)CC1. The first kappa shape index (κ1) is 17.6. The second-order valence-corrected chi connectivity index (χ2v) is 6.93. The monoisotopic (exact) mass is 363 g/mol. The van der Waals surface area contributed by atoms with Crippen molar-refractivity contribution >= 4 is 23.2 Å². The van der Waals surface area contributed by atoms with Crippen LogP contribution in [-0.4, -0.2) is 46.7 Å². The zero-order chi connectivity index (χ0) is 17.8. The quantitative estimate of drug-likeness (QED) is 0.759. The topological polar surface area (TPSA) is 85.5 Å². The van der Waals surface area contributed by atoms with E-state index in [0.717, 1.165) is 10.4 Å². The molecule has 3 rings (SSSR count). The van der Waals surface area contributed by atoms with Crippen molar-refractivity contribution < 1.29 is 18.7 Å². The fraction of sp³-hybridized carbons (Fsp3) is 0.529. The number of carbonyl (C=O) groups excluding carboxylic acids is 2. The van der Waals surface area contributed by atoms with E-state index in [1.165, 1.54) is 11.3 Å². The van der Waals surface area contributed by atoms with Gasteiger partial charge in [-0.3, -0.25) is 9.59 Å². The van der Waals surface area contributed by atoms with Crippen molar-refractivity contribution in [3.05, 3.63) is 22.9 Å². The lowest BCUT2D eigenvalue weighted by Crippen LogP contribution is -2.41. The summed E-state index contributed by atoms with van der Waals surface area (Å²) in [5.41, 5.74) is 1.08. The standard InChI is InChI=1S/C17H21N3O4S/c1-3-23-17(22)12-4-7-20(8-5-12)14(21)10-13-18-19-16(24-13)15-11(2)6-9-25-15/h6,9,12H,3-5,7-8,10H2,1-2H3. The Hall–Kier alpha value is -2.22. The Bertz CT molecular complexity index is 747. The fourth-order valence-corrected chi connectivity index (χ4v) is 3.72. The summed E-state index contributed by atoms with van der Waals surface area (Å²) in [6.07, 6.45) is 1.35. The summed E-state index contributed by atoms with van der Waals surface area (Å²) in [6, 6.07) is 1.99. The van der Waals surface area contributed by atoms with Gasteiger partial charge in [-0.15, -0.1) is 21.5 Å². The molecule has 1 fully saturated rings. The van der Waals surface area contributed by atoms with E-state index in [-0.39, 0.29) is 24.2 Å². The third-order valence-corrected chi connectivity index (χ3v) is 5.30. The van der Waals surface area contributed by atoms with Gasteiger partial charge in [0, 0.05) is 13.1 Å². The summed E-state index contributed by atoms with van der Waals surface area (Å²) in [4.78, 5) is 26.8. The molecule has 0 aromatic carbocycles. The van der Waals surface area contributed by atoms with E-state index >= 15 is 0 Å². The molecule has 0 spiro atoms. The minimum absolute atomic E-state index is 0.0552.